The van der Waals surface area contributed by atoms with Gasteiger partial charge in [0, 0.05) is 6.54 Å². The molecule has 1 rings (SSSR count). The Morgan fingerprint density at radius 2 is 2.40 bits per heavy atom. The Kier molecular flexibility index (Phi) is 3.05. The van der Waals surface area contributed by atoms with E-state index in [-0.39, 0.29) is 6.04 Å². The first-order valence-electron chi connectivity index (χ1n) is 3.39. The fourth-order valence-electron chi connectivity index (χ4n) is 0.978. The molecule has 0 spiro atoms. The van der Waals surface area contributed by atoms with Gasteiger partial charge in [-0.15, -0.1) is 0 Å². The number of hydrogen-bond acceptors (Lipinski definition) is 3. The fraction of sp³-hybridized carbons (Fsp3) is 1.00. The van der Waals surface area contributed by atoms with Crippen molar-refractivity contribution >= 4 is 0 Å². The van der Waals surface area contributed by atoms with Crippen molar-refractivity contribution in [2.75, 3.05) is 26.4 Å². The smallest absolute Gasteiger partial charge is 0.102 e. The number of aliphatic hydroxyl groups is 1. The summed E-state index contributed by atoms with van der Waals surface area (Å²) in [6.45, 7) is 0.749. The van der Waals surface area contributed by atoms with E-state index >= 15 is 0 Å². The zero-order valence-corrected chi connectivity index (χ0v) is 5.72. The first-order chi connectivity index (χ1) is 4.84. The summed E-state index contributed by atoms with van der Waals surface area (Å²) in [5, 5.41) is 11.9. The zero-order chi connectivity index (χ0) is 7.40. The summed E-state index contributed by atoms with van der Waals surface area (Å²) >= 11 is 0. The van der Waals surface area contributed by atoms with E-state index in [0.29, 0.717) is 19.8 Å². The molecule has 2 unspecified atom stereocenters. The van der Waals surface area contributed by atoms with Gasteiger partial charge in [0.2, 0.25) is 0 Å². The summed E-state index contributed by atoms with van der Waals surface area (Å²) in [6.07, 6.45) is -0.466. The van der Waals surface area contributed by atoms with Gasteiger partial charge in [0.05, 0.1) is 25.4 Å². The molecule has 0 aromatic rings. The molecule has 0 aliphatic carbocycles. The number of aliphatic hydroxyl groups excluding tert-OH is 1. The predicted octanol–water partition coefficient (Wildman–Crippen LogP) is -0.695. The average molecular weight is 149 g/mol. The molecular weight excluding hydrogens is 137 g/mol. The van der Waals surface area contributed by atoms with E-state index in [2.05, 4.69) is 5.32 Å². The molecule has 1 heterocycles. The van der Waals surface area contributed by atoms with Crippen LogP contribution < -0.4 is 5.32 Å². The molecule has 60 valence electrons. The summed E-state index contributed by atoms with van der Waals surface area (Å²) < 4.78 is 16.5. The van der Waals surface area contributed by atoms with E-state index < -0.39 is 12.8 Å². The Morgan fingerprint density at radius 1 is 1.60 bits per heavy atom. The van der Waals surface area contributed by atoms with Crippen LogP contribution >= 0.6 is 0 Å². The lowest BCUT2D eigenvalue weighted by Crippen LogP contribution is -2.39. The van der Waals surface area contributed by atoms with Gasteiger partial charge in [-0.05, 0) is 0 Å². The first kappa shape index (κ1) is 7.91. The standard InChI is InChI=1S/C6H12FNO2/c7-1-2-8-5-3-10-4-6(5)9/h5-6,8-9H,1-4H2. The van der Waals surface area contributed by atoms with Gasteiger partial charge in [0.25, 0.3) is 0 Å². The predicted molar refractivity (Wildman–Crippen MR) is 34.6 cm³/mol. The lowest BCUT2D eigenvalue weighted by molar-refractivity contribution is 0.122. The number of hydrogen-bond donors (Lipinski definition) is 2. The van der Waals surface area contributed by atoms with Crippen LogP contribution in [0, 0.1) is 0 Å². The van der Waals surface area contributed by atoms with Crippen LogP contribution in [-0.4, -0.2) is 43.7 Å². The number of alkyl halides is 1. The maximum atomic E-state index is 11.6. The van der Waals surface area contributed by atoms with E-state index in [1.165, 1.54) is 0 Å². The van der Waals surface area contributed by atoms with E-state index in [0.717, 1.165) is 0 Å². The summed E-state index contributed by atoms with van der Waals surface area (Å²) in [4.78, 5) is 0. The summed E-state index contributed by atoms with van der Waals surface area (Å²) in [7, 11) is 0. The van der Waals surface area contributed by atoms with Gasteiger partial charge in [-0.2, -0.15) is 0 Å². The van der Waals surface area contributed by atoms with Crippen molar-refractivity contribution in [3.63, 3.8) is 0 Å². The minimum atomic E-state index is -0.466. The van der Waals surface area contributed by atoms with Crippen molar-refractivity contribution < 1.29 is 14.2 Å². The van der Waals surface area contributed by atoms with Crippen LogP contribution in [0.3, 0.4) is 0 Å². The van der Waals surface area contributed by atoms with Crippen LogP contribution in [-0.2, 0) is 4.74 Å². The summed E-state index contributed by atoms with van der Waals surface area (Å²) in [6, 6.07) is -0.0734. The minimum absolute atomic E-state index is 0.0734. The van der Waals surface area contributed by atoms with Gasteiger partial charge < -0.3 is 15.2 Å². The largest absolute Gasteiger partial charge is 0.389 e. The van der Waals surface area contributed by atoms with Gasteiger partial charge >= 0.3 is 0 Å². The quantitative estimate of drug-likeness (QED) is 0.558. The summed E-state index contributed by atoms with van der Waals surface area (Å²) in [5.41, 5.74) is 0. The second kappa shape index (κ2) is 3.85. The number of ether oxygens (including phenoxy) is 1. The SMILES string of the molecule is OC1COCC1NCCF. The molecule has 2 atom stereocenters. The Hall–Kier alpha value is -0.190. The summed E-state index contributed by atoms with van der Waals surface area (Å²) in [5.74, 6) is 0. The molecule has 2 N–H and O–H groups in total. The maximum Gasteiger partial charge on any atom is 0.102 e. The number of halogens is 1. The van der Waals surface area contributed by atoms with Crippen LogP contribution in [0.2, 0.25) is 0 Å². The fourth-order valence-corrected chi connectivity index (χ4v) is 0.978. The molecule has 0 bridgehead atoms. The van der Waals surface area contributed by atoms with Crippen molar-refractivity contribution in [3.05, 3.63) is 0 Å². The Balaban J connectivity index is 2.14. The lowest BCUT2D eigenvalue weighted by Gasteiger charge is -2.12. The highest BCUT2D eigenvalue weighted by Gasteiger charge is 2.24. The van der Waals surface area contributed by atoms with E-state index in [9.17, 15) is 4.39 Å². The van der Waals surface area contributed by atoms with E-state index in [4.69, 9.17) is 9.84 Å². The number of nitrogens with one attached hydrogen (secondary N) is 1. The molecule has 1 saturated heterocycles. The third-order valence-electron chi connectivity index (χ3n) is 1.55. The van der Waals surface area contributed by atoms with Crippen LogP contribution in [0.25, 0.3) is 0 Å². The maximum absolute atomic E-state index is 11.6. The molecule has 0 saturated carbocycles. The third-order valence-corrected chi connectivity index (χ3v) is 1.55. The Labute approximate surface area is 59.2 Å². The molecule has 1 fully saturated rings. The molecule has 0 amide bonds. The minimum Gasteiger partial charge on any atom is -0.389 e. The topological polar surface area (TPSA) is 41.5 Å². The van der Waals surface area contributed by atoms with Crippen LogP contribution in [0.5, 0.6) is 0 Å². The normalized spacial score (nSPS) is 33.0. The van der Waals surface area contributed by atoms with Gasteiger partial charge in [-0.25, -0.2) is 4.39 Å². The molecule has 10 heavy (non-hydrogen) atoms. The van der Waals surface area contributed by atoms with Crippen molar-refractivity contribution in [2.24, 2.45) is 0 Å². The van der Waals surface area contributed by atoms with Gasteiger partial charge in [-0.1, -0.05) is 0 Å². The van der Waals surface area contributed by atoms with Crippen molar-refractivity contribution in [2.45, 2.75) is 12.1 Å². The molecule has 0 radical (unpaired) electrons. The van der Waals surface area contributed by atoms with Crippen molar-refractivity contribution in [3.8, 4) is 0 Å². The van der Waals surface area contributed by atoms with E-state index in [1.807, 2.05) is 0 Å². The van der Waals surface area contributed by atoms with Crippen molar-refractivity contribution in [1.29, 1.82) is 0 Å². The second-order valence-corrected chi connectivity index (χ2v) is 2.35. The third kappa shape index (κ3) is 1.90. The number of rotatable bonds is 3. The van der Waals surface area contributed by atoms with Gasteiger partial charge in [-0.3, -0.25) is 0 Å². The lowest BCUT2D eigenvalue weighted by atomic mass is 10.2. The average Bonchev–Trinajstić information content (AvgIpc) is 2.31. The highest BCUT2D eigenvalue weighted by Crippen LogP contribution is 2.03. The molecular formula is C6H12FNO2. The Bertz CT molecular complexity index is 102. The Morgan fingerprint density at radius 3 is 2.90 bits per heavy atom. The monoisotopic (exact) mass is 149 g/mol. The molecule has 1 aliphatic heterocycles. The molecule has 4 heteroatoms. The van der Waals surface area contributed by atoms with E-state index in [1.54, 1.807) is 0 Å². The zero-order valence-electron chi connectivity index (χ0n) is 5.72. The van der Waals surface area contributed by atoms with Crippen LogP contribution in [0.4, 0.5) is 4.39 Å². The van der Waals surface area contributed by atoms with Crippen LogP contribution in [0.15, 0.2) is 0 Å². The van der Waals surface area contributed by atoms with Crippen molar-refractivity contribution in [1.82, 2.24) is 5.32 Å². The first-order valence-corrected chi connectivity index (χ1v) is 3.39. The highest BCUT2D eigenvalue weighted by molar-refractivity contribution is 4.79. The molecule has 0 aromatic carbocycles. The second-order valence-electron chi connectivity index (χ2n) is 2.35. The molecule has 1 aliphatic rings. The molecule has 0 aromatic heterocycles. The van der Waals surface area contributed by atoms with Gasteiger partial charge in [0.1, 0.15) is 6.67 Å². The van der Waals surface area contributed by atoms with Gasteiger partial charge in [0.15, 0.2) is 0 Å². The highest BCUT2D eigenvalue weighted by atomic mass is 19.1. The van der Waals surface area contributed by atoms with Crippen LogP contribution in [0.1, 0.15) is 0 Å². The molecule has 3 nitrogen and oxygen atoms in total.